The largest absolute Gasteiger partial charge is 0.389 e. The fourth-order valence-electron chi connectivity index (χ4n) is 6.53. The highest BCUT2D eigenvalue weighted by atomic mass is 19.1. The molecule has 3 aromatic heterocycles. The predicted octanol–water partition coefficient (Wildman–Crippen LogP) is 3.35. The molecule has 41 heavy (non-hydrogen) atoms. The number of carbonyl (C=O) groups excluding carboxylic acids is 1. The van der Waals surface area contributed by atoms with Crippen molar-refractivity contribution in [3.63, 3.8) is 0 Å². The number of rotatable bonds is 8. The van der Waals surface area contributed by atoms with Crippen molar-refractivity contribution >= 4 is 23.4 Å². The lowest BCUT2D eigenvalue weighted by atomic mass is 9.83. The van der Waals surface area contributed by atoms with E-state index >= 15 is 0 Å². The van der Waals surface area contributed by atoms with Crippen molar-refractivity contribution in [2.24, 2.45) is 18.9 Å². The van der Waals surface area contributed by atoms with Crippen LogP contribution >= 0.6 is 0 Å². The Morgan fingerprint density at radius 2 is 1.93 bits per heavy atom. The molecule has 0 bridgehead atoms. The molecule has 0 aliphatic carbocycles. The van der Waals surface area contributed by atoms with Gasteiger partial charge in [0.15, 0.2) is 5.82 Å². The summed E-state index contributed by atoms with van der Waals surface area (Å²) in [4.78, 5) is 30.1. The van der Waals surface area contributed by atoms with E-state index in [9.17, 15) is 14.3 Å². The van der Waals surface area contributed by atoms with Crippen LogP contribution in [-0.4, -0.2) is 80.3 Å². The van der Waals surface area contributed by atoms with Crippen molar-refractivity contribution in [1.29, 1.82) is 0 Å². The molecule has 3 N–H and O–H groups in total. The molecule has 6 rings (SSSR count). The molecule has 2 fully saturated rings. The zero-order chi connectivity index (χ0) is 28.7. The Morgan fingerprint density at radius 1 is 1.15 bits per heavy atom. The summed E-state index contributed by atoms with van der Waals surface area (Å²) in [6.45, 7) is 9.30. The zero-order valence-electron chi connectivity index (χ0n) is 24.0. The average Bonchev–Trinajstić information content (AvgIpc) is 3.26. The first-order valence-electron chi connectivity index (χ1n) is 14.6. The van der Waals surface area contributed by atoms with Crippen molar-refractivity contribution in [2.75, 3.05) is 49.5 Å². The standard InChI is InChI=1S/C30H39FN8O2/c1-30(2,41)18-38-16-20(17-38)12-19-7-10-39(11-8-19)21-4-5-26(33-14-21)35-29-34-15-23(31)27(36-29)25-13-22-24(37(25)3)6-9-32-28(22)40/h4-5,13-15,19-20,41H,6-12,16-18H2,1-3H3,(H,32,40)(H,33,34,35,36). The molecule has 218 valence electrons. The van der Waals surface area contributed by atoms with Gasteiger partial charge in [-0.3, -0.25) is 9.69 Å². The normalized spacial score (nSPS) is 18.7. The molecule has 3 aromatic rings. The Morgan fingerprint density at radius 3 is 2.61 bits per heavy atom. The smallest absolute Gasteiger partial charge is 0.253 e. The number of nitrogens with zero attached hydrogens (tertiary/aromatic N) is 6. The van der Waals surface area contributed by atoms with Crippen molar-refractivity contribution in [2.45, 2.75) is 45.1 Å². The molecular formula is C30H39FN8O2. The topological polar surface area (TPSA) is 111 Å². The van der Waals surface area contributed by atoms with Crippen LogP contribution in [0, 0.1) is 17.7 Å². The average molecular weight is 563 g/mol. The van der Waals surface area contributed by atoms with Gasteiger partial charge < -0.3 is 25.2 Å². The fourth-order valence-corrected chi connectivity index (χ4v) is 6.53. The number of pyridine rings is 1. The molecule has 0 spiro atoms. The van der Waals surface area contributed by atoms with Gasteiger partial charge in [-0.05, 0) is 63.1 Å². The molecule has 0 atom stereocenters. The Kier molecular flexibility index (Phi) is 7.41. The van der Waals surface area contributed by atoms with Gasteiger partial charge in [-0.15, -0.1) is 0 Å². The number of anilines is 3. The van der Waals surface area contributed by atoms with Crippen LogP contribution in [0.5, 0.6) is 0 Å². The number of hydrogen-bond donors (Lipinski definition) is 3. The highest BCUT2D eigenvalue weighted by Crippen LogP contribution is 2.32. The van der Waals surface area contributed by atoms with E-state index in [0.717, 1.165) is 62.1 Å². The number of β-amino-alcohol motifs (C(OH)–C–C–N with tert-alkyl or cyclic N) is 1. The summed E-state index contributed by atoms with van der Waals surface area (Å²) < 4.78 is 16.6. The zero-order valence-corrected chi connectivity index (χ0v) is 24.0. The molecule has 0 unspecified atom stereocenters. The van der Waals surface area contributed by atoms with E-state index in [4.69, 9.17) is 0 Å². The quantitative estimate of drug-likeness (QED) is 0.383. The van der Waals surface area contributed by atoms with E-state index in [1.165, 1.54) is 19.3 Å². The molecule has 2 saturated heterocycles. The van der Waals surface area contributed by atoms with Gasteiger partial charge in [0.25, 0.3) is 5.91 Å². The fraction of sp³-hybridized carbons (Fsp3) is 0.533. The number of nitrogens with one attached hydrogen (secondary N) is 2. The predicted molar refractivity (Wildman–Crippen MR) is 156 cm³/mol. The molecule has 6 heterocycles. The minimum Gasteiger partial charge on any atom is -0.389 e. The molecule has 1 amide bonds. The van der Waals surface area contributed by atoms with E-state index in [1.807, 2.05) is 43.8 Å². The van der Waals surface area contributed by atoms with Crippen LogP contribution in [0.25, 0.3) is 11.4 Å². The number of aromatic nitrogens is 4. The number of piperidine rings is 1. The van der Waals surface area contributed by atoms with Crippen molar-refractivity contribution in [3.05, 3.63) is 47.7 Å². The van der Waals surface area contributed by atoms with Crippen LogP contribution in [0.15, 0.2) is 30.6 Å². The molecule has 11 heteroatoms. The summed E-state index contributed by atoms with van der Waals surface area (Å²) in [5.41, 5.74) is 2.56. The van der Waals surface area contributed by atoms with Crippen LogP contribution in [0.3, 0.4) is 0 Å². The van der Waals surface area contributed by atoms with Crippen LogP contribution in [-0.2, 0) is 13.5 Å². The molecular weight excluding hydrogens is 523 g/mol. The third kappa shape index (κ3) is 6.06. The van der Waals surface area contributed by atoms with Crippen molar-refractivity contribution < 1.29 is 14.3 Å². The second-order valence-electron chi connectivity index (χ2n) is 12.4. The summed E-state index contributed by atoms with van der Waals surface area (Å²) in [5.74, 6) is 1.62. The van der Waals surface area contributed by atoms with Crippen LogP contribution < -0.4 is 15.5 Å². The lowest BCUT2D eigenvalue weighted by molar-refractivity contribution is -0.0136. The van der Waals surface area contributed by atoms with Gasteiger partial charge in [0, 0.05) is 58.4 Å². The molecule has 3 aliphatic heterocycles. The van der Waals surface area contributed by atoms with E-state index in [0.29, 0.717) is 30.0 Å². The second kappa shape index (κ2) is 11.0. The first-order chi connectivity index (χ1) is 19.6. The number of halogens is 1. The van der Waals surface area contributed by atoms with Crippen LogP contribution in [0.2, 0.25) is 0 Å². The number of carbonyl (C=O) groups is 1. The highest BCUT2D eigenvalue weighted by Gasteiger charge is 2.33. The second-order valence-corrected chi connectivity index (χ2v) is 12.4. The third-order valence-electron chi connectivity index (χ3n) is 8.51. The van der Waals surface area contributed by atoms with Gasteiger partial charge in [0.2, 0.25) is 5.95 Å². The lowest BCUT2D eigenvalue weighted by Crippen LogP contribution is -2.52. The maximum absolute atomic E-state index is 14.8. The molecule has 3 aliphatic rings. The Balaban J connectivity index is 1.04. The first kappa shape index (κ1) is 27.6. The maximum atomic E-state index is 14.8. The minimum absolute atomic E-state index is 0.138. The van der Waals surface area contributed by atoms with Crippen LogP contribution in [0.1, 0.15) is 49.2 Å². The summed E-state index contributed by atoms with van der Waals surface area (Å²) in [6, 6.07) is 5.63. The summed E-state index contributed by atoms with van der Waals surface area (Å²) >= 11 is 0. The number of amides is 1. The van der Waals surface area contributed by atoms with Gasteiger partial charge in [0.05, 0.1) is 34.9 Å². The number of likely N-dealkylation sites (tertiary alicyclic amines) is 1. The number of aliphatic hydroxyl groups is 1. The Bertz CT molecular complexity index is 1400. The Labute approximate surface area is 240 Å². The third-order valence-corrected chi connectivity index (χ3v) is 8.51. The summed E-state index contributed by atoms with van der Waals surface area (Å²) in [5, 5.41) is 15.9. The molecule has 0 saturated carbocycles. The Hall–Kier alpha value is -3.57. The van der Waals surface area contributed by atoms with E-state index in [1.54, 1.807) is 6.07 Å². The number of hydrogen-bond acceptors (Lipinski definition) is 8. The minimum atomic E-state index is -0.618. The lowest BCUT2D eigenvalue weighted by Gasteiger charge is -2.44. The van der Waals surface area contributed by atoms with Gasteiger partial charge >= 0.3 is 0 Å². The number of fused-ring (bicyclic) bond motifs is 1. The molecule has 0 radical (unpaired) electrons. The van der Waals surface area contributed by atoms with Gasteiger partial charge in [-0.2, -0.15) is 0 Å². The molecule has 0 aromatic carbocycles. The van der Waals surface area contributed by atoms with Crippen LogP contribution in [0.4, 0.5) is 21.8 Å². The van der Waals surface area contributed by atoms with Gasteiger partial charge in [-0.25, -0.2) is 19.3 Å². The van der Waals surface area contributed by atoms with E-state index in [2.05, 4.69) is 35.4 Å². The summed E-state index contributed by atoms with van der Waals surface area (Å²) in [7, 11) is 1.82. The monoisotopic (exact) mass is 562 g/mol. The van der Waals surface area contributed by atoms with Crippen molar-refractivity contribution in [1.82, 2.24) is 29.7 Å². The van der Waals surface area contributed by atoms with E-state index < -0.39 is 11.4 Å². The van der Waals surface area contributed by atoms with Crippen molar-refractivity contribution in [3.8, 4) is 11.4 Å². The van der Waals surface area contributed by atoms with Gasteiger partial charge in [-0.1, -0.05) is 0 Å². The SMILES string of the molecule is Cn1c(-c2nc(Nc3ccc(N4CCC(CC5CN(CC(C)(C)O)C5)CC4)cn3)ncc2F)cc2c1CCNC2=O. The van der Waals surface area contributed by atoms with E-state index in [-0.39, 0.29) is 17.5 Å². The summed E-state index contributed by atoms with van der Waals surface area (Å²) in [6.07, 6.45) is 7.32. The maximum Gasteiger partial charge on any atom is 0.253 e. The highest BCUT2D eigenvalue weighted by molar-refractivity contribution is 5.97. The van der Waals surface area contributed by atoms with Gasteiger partial charge in [0.1, 0.15) is 11.5 Å². The molecule has 10 nitrogen and oxygen atoms in total. The first-order valence-corrected chi connectivity index (χ1v) is 14.6.